The van der Waals surface area contributed by atoms with Crippen molar-refractivity contribution in [1.29, 1.82) is 0 Å². The van der Waals surface area contributed by atoms with Gasteiger partial charge in [-0.2, -0.15) is 8.42 Å². The summed E-state index contributed by atoms with van der Waals surface area (Å²) < 4.78 is 29.6. The number of aliphatic hydroxyl groups excluding tert-OH is 1. The molecule has 1 aliphatic rings. The third kappa shape index (κ3) is 5.98. The van der Waals surface area contributed by atoms with Gasteiger partial charge in [0, 0.05) is 6.54 Å². The van der Waals surface area contributed by atoms with Gasteiger partial charge in [0.05, 0.1) is 22.1 Å². The fraction of sp³-hybridized carbons (Fsp3) is 0.364. The Bertz CT molecular complexity index is 964. The first kappa shape index (κ1) is 23.7. The molecule has 0 aliphatic carbocycles. The van der Waals surface area contributed by atoms with Crippen molar-refractivity contribution in [3.8, 4) is 0 Å². The van der Waals surface area contributed by atoms with E-state index in [-0.39, 0.29) is 28.7 Å². The zero-order valence-electron chi connectivity index (χ0n) is 17.3. The van der Waals surface area contributed by atoms with E-state index in [0.717, 1.165) is 5.56 Å². The summed E-state index contributed by atoms with van der Waals surface area (Å²) in [7, 11) is -4.02. The second-order valence-electron chi connectivity index (χ2n) is 7.55. The Morgan fingerprint density at radius 2 is 1.43 bits per heavy atom. The predicted octanol–water partition coefficient (Wildman–Crippen LogP) is 3.32. The average molecular weight is 434 g/mol. The van der Waals surface area contributed by atoms with E-state index in [2.05, 4.69) is 0 Å². The Kier molecular flexibility index (Phi) is 7.89. The van der Waals surface area contributed by atoms with Crippen LogP contribution in [0.1, 0.15) is 53.0 Å². The molecule has 3 rings (SSSR count). The molecule has 0 bridgehead atoms. The summed E-state index contributed by atoms with van der Waals surface area (Å²) >= 11 is 0. The molecule has 0 radical (unpaired) electrons. The van der Waals surface area contributed by atoms with Crippen LogP contribution in [0.5, 0.6) is 0 Å². The second kappa shape index (κ2) is 9.97. The normalized spacial score (nSPS) is 14.4. The summed E-state index contributed by atoms with van der Waals surface area (Å²) in [6.07, 6.45) is 0.853. The quantitative estimate of drug-likeness (QED) is 0.534. The highest BCUT2D eigenvalue weighted by atomic mass is 32.2. The minimum absolute atomic E-state index is 0.0666. The Balaban J connectivity index is 0.000000248. The van der Waals surface area contributed by atoms with Crippen LogP contribution in [-0.2, 0) is 10.1 Å². The van der Waals surface area contributed by atoms with E-state index in [4.69, 9.17) is 4.55 Å². The molecule has 0 fully saturated rings. The van der Waals surface area contributed by atoms with Crippen LogP contribution in [0.3, 0.4) is 0 Å². The summed E-state index contributed by atoms with van der Waals surface area (Å²) in [5.41, 5.74) is 1.92. The lowest BCUT2D eigenvalue weighted by Gasteiger charge is -2.17. The number of aliphatic hydroxyl groups is 1. The van der Waals surface area contributed by atoms with Gasteiger partial charge in [-0.05, 0) is 49.9 Å². The molecule has 0 spiro atoms. The molecule has 1 heterocycles. The average Bonchev–Trinajstić information content (AvgIpc) is 2.93. The van der Waals surface area contributed by atoms with E-state index in [1.54, 1.807) is 36.4 Å². The SMILES string of the molecule is CC(C)C(O)CCCN1C(=O)c2ccccc2C1=O.Cc1ccc(S(=O)(=O)O)cc1. The van der Waals surface area contributed by atoms with Crippen molar-refractivity contribution in [3.63, 3.8) is 0 Å². The number of amides is 2. The molecule has 7 nitrogen and oxygen atoms in total. The summed E-state index contributed by atoms with van der Waals surface area (Å²) in [5.74, 6) is -0.249. The van der Waals surface area contributed by atoms with E-state index < -0.39 is 10.1 Å². The van der Waals surface area contributed by atoms with Gasteiger partial charge in [-0.3, -0.25) is 19.0 Å². The topological polar surface area (TPSA) is 112 Å². The van der Waals surface area contributed by atoms with Crippen LogP contribution >= 0.6 is 0 Å². The largest absolute Gasteiger partial charge is 0.393 e. The third-order valence-corrected chi connectivity index (χ3v) is 5.72. The van der Waals surface area contributed by atoms with Gasteiger partial charge in [0.1, 0.15) is 0 Å². The van der Waals surface area contributed by atoms with Gasteiger partial charge in [-0.25, -0.2) is 0 Å². The van der Waals surface area contributed by atoms with E-state index in [9.17, 15) is 23.1 Å². The van der Waals surface area contributed by atoms with Crippen LogP contribution in [0.15, 0.2) is 53.4 Å². The number of rotatable bonds is 6. The summed E-state index contributed by atoms with van der Waals surface area (Å²) in [5, 5.41) is 9.72. The number of aryl methyl sites for hydroxylation is 1. The van der Waals surface area contributed by atoms with Crippen molar-refractivity contribution in [2.45, 2.75) is 44.6 Å². The fourth-order valence-corrected chi connectivity index (χ4v) is 3.42. The van der Waals surface area contributed by atoms with Gasteiger partial charge in [0.15, 0.2) is 0 Å². The van der Waals surface area contributed by atoms with E-state index in [0.29, 0.717) is 30.5 Å². The molecule has 8 heteroatoms. The Morgan fingerprint density at radius 3 is 1.87 bits per heavy atom. The standard InChI is InChI=1S/C15H19NO3.C7H8O3S/c1-10(2)13(17)8-5-9-16-14(18)11-6-3-4-7-12(11)15(16)19;1-6-2-4-7(5-3-6)11(8,9)10/h3-4,6-7,10,13,17H,5,8-9H2,1-2H3;2-5H,1H3,(H,8,9,10). The van der Waals surface area contributed by atoms with E-state index >= 15 is 0 Å². The Labute approximate surface area is 177 Å². The summed E-state index contributed by atoms with van der Waals surface area (Å²) in [6.45, 7) is 6.11. The number of imide groups is 1. The lowest BCUT2D eigenvalue weighted by atomic mass is 10.0. The molecule has 0 saturated carbocycles. The molecule has 1 atom stereocenters. The summed E-state index contributed by atoms with van der Waals surface area (Å²) in [6, 6.07) is 12.9. The molecule has 2 aromatic carbocycles. The molecule has 162 valence electrons. The molecular formula is C22H27NO6S. The Morgan fingerprint density at radius 1 is 0.933 bits per heavy atom. The minimum atomic E-state index is -4.02. The second-order valence-corrected chi connectivity index (χ2v) is 8.97. The van der Waals surface area contributed by atoms with Gasteiger partial charge in [-0.1, -0.05) is 43.7 Å². The number of nitrogens with zero attached hydrogens (tertiary/aromatic N) is 1. The lowest BCUT2D eigenvalue weighted by Crippen LogP contribution is -2.31. The molecule has 2 N–H and O–H groups in total. The van der Waals surface area contributed by atoms with Crippen molar-refractivity contribution in [2.75, 3.05) is 6.54 Å². The monoisotopic (exact) mass is 433 g/mol. The number of carbonyl (C=O) groups excluding carboxylic acids is 2. The van der Waals surface area contributed by atoms with Crippen LogP contribution in [0.25, 0.3) is 0 Å². The molecule has 1 unspecified atom stereocenters. The van der Waals surface area contributed by atoms with Crippen molar-refractivity contribution in [1.82, 2.24) is 4.90 Å². The summed E-state index contributed by atoms with van der Waals surface area (Å²) in [4.78, 5) is 25.3. The van der Waals surface area contributed by atoms with E-state index in [1.807, 2.05) is 20.8 Å². The highest BCUT2D eigenvalue weighted by molar-refractivity contribution is 7.85. The lowest BCUT2D eigenvalue weighted by molar-refractivity contribution is 0.0630. The first-order valence-electron chi connectivity index (χ1n) is 9.69. The molecule has 30 heavy (non-hydrogen) atoms. The van der Waals surface area contributed by atoms with Crippen molar-refractivity contribution in [2.24, 2.45) is 5.92 Å². The van der Waals surface area contributed by atoms with Crippen LogP contribution in [0, 0.1) is 12.8 Å². The van der Waals surface area contributed by atoms with E-state index in [1.165, 1.54) is 17.0 Å². The van der Waals surface area contributed by atoms with Crippen molar-refractivity contribution >= 4 is 21.9 Å². The number of carbonyl (C=O) groups is 2. The van der Waals surface area contributed by atoms with Crippen LogP contribution < -0.4 is 0 Å². The van der Waals surface area contributed by atoms with Crippen LogP contribution in [-0.4, -0.2) is 47.4 Å². The third-order valence-electron chi connectivity index (χ3n) is 4.85. The number of hydrogen-bond donors (Lipinski definition) is 2. The highest BCUT2D eigenvalue weighted by Crippen LogP contribution is 2.23. The van der Waals surface area contributed by atoms with Gasteiger partial charge >= 0.3 is 0 Å². The minimum Gasteiger partial charge on any atom is -0.393 e. The highest BCUT2D eigenvalue weighted by Gasteiger charge is 2.34. The zero-order chi connectivity index (χ0) is 22.5. The van der Waals surface area contributed by atoms with Gasteiger partial charge in [0.2, 0.25) is 0 Å². The van der Waals surface area contributed by atoms with Gasteiger partial charge in [0.25, 0.3) is 21.9 Å². The maximum absolute atomic E-state index is 12.1. The zero-order valence-corrected chi connectivity index (χ0v) is 18.1. The number of hydrogen-bond acceptors (Lipinski definition) is 5. The molecule has 2 aromatic rings. The van der Waals surface area contributed by atoms with Crippen LogP contribution in [0.4, 0.5) is 0 Å². The molecule has 2 amide bonds. The van der Waals surface area contributed by atoms with Crippen molar-refractivity contribution < 1.29 is 27.7 Å². The molecule has 1 aliphatic heterocycles. The molecule has 0 aromatic heterocycles. The predicted molar refractivity (Wildman–Crippen MR) is 113 cm³/mol. The number of fused-ring (bicyclic) bond motifs is 1. The molecule has 0 saturated heterocycles. The number of benzene rings is 2. The first-order valence-corrected chi connectivity index (χ1v) is 11.1. The van der Waals surface area contributed by atoms with Gasteiger partial charge in [-0.15, -0.1) is 0 Å². The Hall–Kier alpha value is -2.55. The van der Waals surface area contributed by atoms with Gasteiger partial charge < -0.3 is 5.11 Å². The van der Waals surface area contributed by atoms with Crippen molar-refractivity contribution in [3.05, 3.63) is 65.2 Å². The smallest absolute Gasteiger partial charge is 0.294 e. The maximum atomic E-state index is 12.1. The molecular weight excluding hydrogens is 406 g/mol. The van der Waals surface area contributed by atoms with Crippen LogP contribution in [0.2, 0.25) is 0 Å². The fourth-order valence-electron chi connectivity index (χ4n) is 2.94. The maximum Gasteiger partial charge on any atom is 0.294 e. The first-order chi connectivity index (χ1) is 14.0.